The van der Waals surface area contributed by atoms with Crippen LogP contribution in [0.15, 0.2) is 54.7 Å². The molecule has 3 rings (SSSR count). The molecule has 6 nitrogen and oxygen atoms in total. The number of carbonyl (C=O) groups is 1. The van der Waals surface area contributed by atoms with Crippen molar-refractivity contribution in [2.45, 2.75) is 33.8 Å². The zero-order valence-electron chi connectivity index (χ0n) is 16.5. The molecule has 0 saturated heterocycles. The van der Waals surface area contributed by atoms with Gasteiger partial charge in [0.25, 0.3) is 5.91 Å². The molecule has 6 heteroatoms. The first-order valence-electron chi connectivity index (χ1n) is 9.15. The number of anilines is 3. The third kappa shape index (κ3) is 5.30. The van der Waals surface area contributed by atoms with Gasteiger partial charge in [-0.1, -0.05) is 6.07 Å². The Balaban J connectivity index is 1.69. The van der Waals surface area contributed by atoms with Gasteiger partial charge in [0.1, 0.15) is 11.4 Å². The fraction of sp³-hybridized carbons (Fsp3) is 0.227. The first-order chi connectivity index (χ1) is 13.4. The molecule has 1 aromatic heterocycles. The number of nitrogens with one attached hydrogen (secondary N) is 2. The quantitative estimate of drug-likeness (QED) is 0.641. The maximum absolute atomic E-state index is 12.5. The normalized spacial score (nSPS) is 10.6. The summed E-state index contributed by atoms with van der Waals surface area (Å²) in [5.74, 6) is 0.830. The SMILES string of the molecule is Cc1cc(C)cc(Nc2nccc(C(=O)Nc3ccc(OC(C)C)cc3)n2)c1. The highest BCUT2D eigenvalue weighted by Gasteiger charge is 2.10. The topological polar surface area (TPSA) is 76.1 Å². The summed E-state index contributed by atoms with van der Waals surface area (Å²) in [5, 5.41) is 5.99. The van der Waals surface area contributed by atoms with Crippen LogP contribution in [0.1, 0.15) is 35.5 Å². The van der Waals surface area contributed by atoms with Crippen molar-refractivity contribution in [1.82, 2.24) is 9.97 Å². The minimum absolute atomic E-state index is 0.101. The van der Waals surface area contributed by atoms with Gasteiger partial charge in [-0.3, -0.25) is 4.79 Å². The lowest BCUT2D eigenvalue weighted by molar-refractivity contribution is 0.102. The van der Waals surface area contributed by atoms with Gasteiger partial charge in [0.15, 0.2) is 0 Å². The van der Waals surface area contributed by atoms with Crippen molar-refractivity contribution >= 4 is 23.2 Å². The van der Waals surface area contributed by atoms with E-state index in [0.717, 1.165) is 22.6 Å². The van der Waals surface area contributed by atoms with Crippen molar-refractivity contribution < 1.29 is 9.53 Å². The van der Waals surface area contributed by atoms with Gasteiger partial charge >= 0.3 is 0 Å². The van der Waals surface area contributed by atoms with Crippen LogP contribution in [-0.4, -0.2) is 22.0 Å². The lowest BCUT2D eigenvalue weighted by Gasteiger charge is -2.11. The van der Waals surface area contributed by atoms with Gasteiger partial charge in [0, 0.05) is 17.6 Å². The molecule has 0 spiro atoms. The summed E-state index contributed by atoms with van der Waals surface area (Å²) in [5.41, 5.74) is 4.12. The van der Waals surface area contributed by atoms with E-state index < -0.39 is 0 Å². The molecule has 144 valence electrons. The lowest BCUT2D eigenvalue weighted by atomic mass is 10.1. The van der Waals surface area contributed by atoms with Crippen molar-refractivity contribution in [3.63, 3.8) is 0 Å². The Morgan fingerprint density at radius 2 is 1.64 bits per heavy atom. The van der Waals surface area contributed by atoms with E-state index >= 15 is 0 Å². The van der Waals surface area contributed by atoms with E-state index in [1.165, 1.54) is 0 Å². The highest BCUT2D eigenvalue weighted by molar-refractivity contribution is 6.03. The number of hydrogen-bond acceptors (Lipinski definition) is 5. The average molecular weight is 376 g/mol. The molecule has 0 bridgehead atoms. The Labute approximate surface area is 165 Å². The Morgan fingerprint density at radius 3 is 2.29 bits per heavy atom. The zero-order valence-corrected chi connectivity index (χ0v) is 16.5. The van der Waals surface area contributed by atoms with Gasteiger partial charge < -0.3 is 15.4 Å². The third-order valence-corrected chi connectivity index (χ3v) is 3.85. The molecule has 0 aliphatic carbocycles. The van der Waals surface area contributed by atoms with Crippen LogP contribution in [0.4, 0.5) is 17.3 Å². The second kappa shape index (κ2) is 8.52. The van der Waals surface area contributed by atoms with Crippen molar-refractivity contribution in [3.8, 4) is 5.75 Å². The van der Waals surface area contributed by atoms with Crippen LogP contribution in [-0.2, 0) is 0 Å². The van der Waals surface area contributed by atoms with E-state index in [9.17, 15) is 4.79 Å². The molecular formula is C22H24N4O2. The number of benzene rings is 2. The summed E-state index contributed by atoms with van der Waals surface area (Å²) in [6, 6.07) is 14.9. The number of amides is 1. The van der Waals surface area contributed by atoms with Crippen LogP contribution in [0.2, 0.25) is 0 Å². The number of ether oxygens (including phenoxy) is 1. The molecular weight excluding hydrogens is 352 g/mol. The molecule has 28 heavy (non-hydrogen) atoms. The van der Waals surface area contributed by atoms with Crippen molar-refractivity contribution in [2.24, 2.45) is 0 Å². The van der Waals surface area contributed by atoms with Gasteiger partial charge in [0.2, 0.25) is 5.95 Å². The Hall–Kier alpha value is -3.41. The molecule has 3 aromatic rings. The summed E-state index contributed by atoms with van der Waals surface area (Å²) < 4.78 is 5.61. The Morgan fingerprint density at radius 1 is 0.964 bits per heavy atom. The maximum Gasteiger partial charge on any atom is 0.274 e. The monoisotopic (exact) mass is 376 g/mol. The van der Waals surface area contributed by atoms with Crippen LogP contribution in [0.25, 0.3) is 0 Å². The van der Waals surface area contributed by atoms with Crippen LogP contribution in [0.3, 0.4) is 0 Å². The van der Waals surface area contributed by atoms with Gasteiger partial charge in [0.05, 0.1) is 6.10 Å². The number of aryl methyl sites for hydroxylation is 2. The first-order valence-corrected chi connectivity index (χ1v) is 9.15. The fourth-order valence-corrected chi connectivity index (χ4v) is 2.81. The van der Waals surface area contributed by atoms with Crippen LogP contribution in [0.5, 0.6) is 5.75 Å². The summed E-state index contributed by atoms with van der Waals surface area (Å²) in [4.78, 5) is 21.1. The predicted octanol–water partition coefficient (Wildman–Crippen LogP) is 4.88. The number of carbonyl (C=O) groups excluding carboxylic acids is 1. The molecule has 0 saturated carbocycles. The fourth-order valence-electron chi connectivity index (χ4n) is 2.81. The van der Waals surface area contributed by atoms with Crippen LogP contribution in [0, 0.1) is 13.8 Å². The molecule has 1 amide bonds. The predicted molar refractivity (Wildman–Crippen MR) is 111 cm³/mol. The van der Waals surface area contributed by atoms with Crippen molar-refractivity contribution in [2.75, 3.05) is 10.6 Å². The number of nitrogens with zero attached hydrogens (tertiary/aromatic N) is 2. The largest absolute Gasteiger partial charge is 0.491 e. The van der Waals surface area contributed by atoms with Gasteiger partial charge in [-0.25, -0.2) is 9.97 Å². The summed E-state index contributed by atoms with van der Waals surface area (Å²) in [6.45, 7) is 7.99. The van der Waals surface area contributed by atoms with E-state index in [1.807, 2.05) is 52.0 Å². The smallest absolute Gasteiger partial charge is 0.274 e. The van der Waals surface area contributed by atoms with Crippen LogP contribution >= 0.6 is 0 Å². The van der Waals surface area contributed by atoms with Gasteiger partial charge in [-0.05, 0) is 81.3 Å². The number of rotatable bonds is 6. The molecule has 0 atom stereocenters. The summed E-state index contributed by atoms with van der Waals surface area (Å²) >= 11 is 0. The summed E-state index contributed by atoms with van der Waals surface area (Å²) in [7, 11) is 0. The minimum Gasteiger partial charge on any atom is -0.491 e. The first kappa shape index (κ1) is 19.4. The second-order valence-corrected chi connectivity index (χ2v) is 6.91. The maximum atomic E-state index is 12.5. The van der Waals surface area contributed by atoms with Crippen molar-refractivity contribution in [1.29, 1.82) is 0 Å². The van der Waals surface area contributed by atoms with Gasteiger partial charge in [-0.2, -0.15) is 0 Å². The molecule has 1 heterocycles. The van der Waals surface area contributed by atoms with E-state index in [2.05, 4.69) is 26.7 Å². The third-order valence-electron chi connectivity index (χ3n) is 3.85. The Kier molecular flexibility index (Phi) is 5.89. The molecule has 0 aliphatic heterocycles. The molecule has 2 aromatic carbocycles. The van der Waals surface area contributed by atoms with E-state index in [-0.39, 0.29) is 17.7 Å². The summed E-state index contributed by atoms with van der Waals surface area (Å²) in [6.07, 6.45) is 1.66. The molecule has 2 N–H and O–H groups in total. The van der Waals surface area contributed by atoms with E-state index in [0.29, 0.717) is 11.6 Å². The standard InChI is InChI=1S/C22H24N4O2/c1-14(2)28-19-7-5-17(6-8-19)24-21(27)20-9-10-23-22(26-20)25-18-12-15(3)11-16(4)13-18/h5-14H,1-4H3,(H,24,27)(H,23,25,26). The lowest BCUT2D eigenvalue weighted by Crippen LogP contribution is -2.15. The van der Waals surface area contributed by atoms with E-state index in [1.54, 1.807) is 24.4 Å². The molecule has 0 unspecified atom stereocenters. The van der Waals surface area contributed by atoms with E-state index in [4.69, 9.17) is 4.74 Å². The molecule has 0 aliphatic rings. The van der Waals surface area contributed by atoms with Crippen LogP contribution < -0.4 is 15.4 Å². The average Bonchev–Trinajstić information content (AvgIpc) is 2.62. The van der Waals surface area contributed by atoms with Gasteiger partial charge in [-0.15, -0.1) is 0 Å². The molecule has 0 fully saturated rings. The highest BCUT2D eigenvalue weighted by atomic mass is 16.5. The molecule has 0 radical (unpaired) electrons. The number of hydrogen-bond donors (Lipinski definition) is 2. The minimum atomic E-state index is -0.302. The second-order valence-electron chi connectivity index (χ2n) is 6.91. The number of aromatic nitrogens is 2. The highest BCUT2D eigenvalue weighted by Crippen LogP contribution is 2.19. The zero-order chi connectivity index (χ0) is 20.1. The Bertz CT molecular complexity index is 948. The van der Waals surface area contributed by atoms with Crippen molar-refractivity contribution in [3.05, 3.63) is 71.5 Å².